The molecule has 0 saturated carbocycles. The summed E-state index contributed by atoms with van der Waals surface area (Å²) >= 11 is 0. The van der Waals surface area contributed by atoms with Gasteiger partial charge in [-0.2, -0.15) is 0 Å². The molecule has 0 aromatic heterocycles. The van der Waals surface area contributed by atoms with Crippen LogP contribution in [0.2, 0.25) is 0 Å². The number of carboxylic acid groups (broad SMARTS) is 1. The van der Waals surface area contributed by atoms with E-state index < -0.39 is 11.9 Å². The lowest BCUT2D eigenvalue weighted by atomic mass is 9.83. The van der Waals surface area contributed by atoms with Gasteiger partial charge in [-0.05, 0) is 12.3 Å². The third-order valence-electron chi connectivity index (χ3n) is 2.78. The van der Waals surface area contributed by atoms with E-state index in [0.29, 0.717) is 6.54 Å². The molecule has 1 saturated heterocycles. The number of rotatable bonds is 4. The molecule has 80 valence electrons. The maximum absolute atomic E-state index is 11.0. The molecule has 0 spiro atoms. The lowest BCUT2D eigenvalue weighted by molar-refractivity contribution is -0.148. The van der Waals surface area contributed by atoms with E-state index in [9.17, 15) is 9.59 Å². The standard InChI is InChI=1S/C10H17NO3/c1-2-3-4-7-6-11-9(12)5-8(7)10(13)14/h7-8H,2-6H2,1H3,(H,11,12)(H,13,14). The van der Waals surface area contributed by atoms with E-state index in [4.69, 9.17) is 5.11 Å². The van der Waals surface area contributed by atoms with Crippen LogP contribution in [0.25, 0.3) is 0 Å². The first kappa shape index (κ1) is 11.0. The highest BCUT2D eigenvalue weighted by atomic mass is 16.4. The predicted molar refractivity (Wildman–Crippen MR) is 51.8 cm³/mol. The second kappa shape index (κ2) is 4.98. The molecule has 0 bridgehead atoms. The van der Waals surface area contributed by atoms with Crippen molar-refractivity contribution in [2.75, 3.05) is 6.54 Å². The van der Waals surface area contributed by atoms with Crippen molar-refractivity contribution >= 4 is 11.9 Å². The lowest BCUT2D eigenvalue weighted by Crippen LogP contribution is -2.43. The number of unbranched alkanes of at least 4 members (excludes halogenated alkanes) is 1. The minimum absolute atomic E-state index is 0.116. The molecule has 1 aliphatic heterocycles. The van der Waals surface area contributed by atoms with Crippen molar-refractivity contribution in [3.63, 3.8) is 0 Å². The number of carbonyl (C=O) groups is 2. The van der Waals surface area contributed by atoms with Crippen LogP contribution in [-0.2, 0) is 9.59 Å². The summed E-state index contributed by atoms with van der Waals surface area (Å²) in [6, 6.07) is 0. The van der Waals surface area contributed by atoms with Gasteiger partial charge in [-0.25, -0.2) is 0 Å². The fourth-order valence-electron chi connectivity index (χ4n) is 1.88. The smallest absolute Gasteiger partial charge is 0.307 e. The normalized spacial score (nSPS) is 27.1. The highest BCUT2D eigenvalue weighted by Gasteiger charge is 2.33. The number of aliphatic carboxylic acids is 1. The van der Waals surface area contributed by atoms with Crippen LogP contribution in [0.15, 0.2) is 0 Å². The zero-order valence-electron chi connectivity index (χ0n) is 8.45. The zero-order chi connectivity index (χ0) is 10.6. The van der Waals surface area contributed by atoms with Gasteiger partial charge in [-0.3, -0.25) is 9.59 Å². The summed E-state index contributed by atoms with van der Waals surface area (Å²) in [7, 11) is 0. The molecule has 2 atom stereocenters. The Bertz CT molecular complexity index is 227. The third-order valence-corrected chi connectivity index (χ3v) is 2.78. The first-order valence-electron chi connectivity index (χ1n) is 5.14. The first-order chi connectivity index (χ1) is 6.65. The first-order valence-corrected chi connectivity index (χ1v) is 5.14. The number of amides is 1. The van der Waals surface area contributed by atoms with Gasteiger partial charge in [-0.1, -0.05) is 19.8 Å². The Balaban J connectivity index is 2.53. The van der Waals surface area contributed by atoms with E-state index >= 15 is 0 Å². The number of piperidine rings is 1. The Morgan fingerprint density at radius 1 is 1.64 bits per heavy atom. The van der Waals surface area contributed by atoms with E-state index in [1.54, 1.807) is 0 Å². The second-order valence-corrected chi connectivity index (χ2v) is 3.86. The summed E-state index contributed by atoms with van der Waals surface area (Å²) in [4.78, 5) is 21.9. The molecule has 1 rings (SSSR count). The van der Waals surface area contributed by atoms with E-state index in [1.807, 2.05) is 0 Å². The van der Waals surface area contributed by atoms with Crippen molar-refractivity contribution < 1.29 is 14.7 Å². The summed E-state index contributed by atoms with van der Waals surface area (Å²) in [5, 5.41) is 11.7. The van der Waals surface area contributed by atoms with Crippen molar-refractivity contribution in [1.29, 1.82) is 0 Å². The minimum Gasteiger partial charge on any atom is -0.481 e. The molecular formula is C10H17NO3. The Labute approximate surface area is 83.7 Å². The van der Waals surface area contributed by atoms with Crippen LogP contribution in [0.4, 0.5) is 0 Å². The summed E-state index contributed by atoms with van der Waals surface area (Å²) in [5.41, 5.74) is 0. The molecule has 1 fully saturated rings. The van der Waals surface area contributed by atoms with Crippen molar-refractivity contribution in [3.05, 3.63) is 0 Å². The fraction of sp³-hybridized carbons (Fsp3) is 0.800. The van der Waals surface area contributed by atoms with E-state index in [1.165, 1.54) is 0 Å². The maximum Gasteiger partial charge on any atom is 0.307 e. The molecule has 4 nitrogen and oxygen atoms in total. The number of carboxylic acids is 1. The zero-order valence-corrected chi connectivity index (χ0v) is 8.45. The fourth-order valence-corrected chi connectivity index (χ4v) is 1.88. The van der Waals surface area contributed by atoms with Gasteiger partial charge in [0.2, 0.25) is 5.91 Å². The van der Waals surface area contributed by atoms with E-state index in [2.05, 4.69) is 12.2 Å². The Hall–Kier alpha value is -1.06. The molecule has 2 N–H and O–H groups in total. The number of carbonyl (C=O) groups excluding carboxylic acids is 1. The number of hydrogen-bond acceptors (Lipinski definition) is 2. The monoisotopic (exact) mass is 199 g/mol. The van der Waals surface area contributed by atoms with Crippen molar-refractivity contribution in [2.45, 2.75) is 32.6 Å². The Kier molecular flexibility index (Phi) is 3.92. The Morgan fingerprint density at radius 3 is 2.93 bits per heavy atom. The van der Waals surface area contributed by atoms with Crippen molar-refractivity contribution in [1.82, 2.24) is 5.32 Å². The van der Waals surface area contributed by atoms with Gasteiger partial charge in [0.05, 0.1) is 5.92 Å². The molecule has 1 amide bonds. The molecule has 0 aromatic carbocycles. The lowest BCUT2D eigenvalue weighted by Gasteiger charge is -2.28. The SMILES string of the molecule is CCCCC1CNC(=O)CC1C(=O)O. The van der Waals surface area contributed by atoms with Gasteiger partial charge in [0.1, 0.15) is 0 Å². The van der Waals surface area contributed by atoms with Crippen molar-refractivity contribution in [2.24, 2.45) is 11.8 Å². The molecular weight excluding hydrogens is 182 g/mol. The van der Waals surface area contributed by atoms with Crippen LogP contribution in [0.1, 0.15) is 32.6 Å². The average Bonchev–Trinajstić information content (AvgIpc) is 2.15. The third kappa shape index (κ3) is 2.72. The van der Waals surface area contributed by atoms with E-state index in [-0.39, 0.29) is 18.2 Å². The summed E-state index contributed by atoms with van der Waals surface area (Å²) in [5.74, 6) is -1.33. The molecule has 0 aliphatic carbocycles. The summed E-state index contributed by atoms with van der Waals surface area (Å²) in [6.45, 7) is 2.60. The maximum atomic E-state index is 11.0. The molecule has 2 unspecified atom stereocenters. The molecule has 1 heterocycles. The number of hydrogen-bond donors (Lipinski definition) is 2. The number of nitrogens with one attached hydrogen (secondary N) is 1. The van der Waals surface area contributed by atoms with Gasteiger partial charge in [0, 0.05) is 13.0 Å². The van der Waals surface area contributed by atoms with Crippen molar-refractivity contribution in [3.8, 4) is 0 Å². The van der Waals surface area contributed by atoms with Crippen LogP contribution in [0.5, 0.6) is 0 Å². The molecule has 0 radical (unpaired) electrons. The van der Waals surface area contributed by atoms with E-state index in [0.717, 1.165) is 19.3 Å². The molecule has 14 heavy (non-hydrogen) atoms. The van der Waals surface area contributed by atoms with Crippen LogP contribution in [-0.4, -0.2) is 23.5 Å². The average molecular weight is 199 g/mol. The highest BCUT2D eigenvalue weighted by Crippen LogP contribution is 2.24. The van der Waals surface area contributed by atoms with Crippen LogP contribution < -0.4 is 5.32 Å². The minimum atomic E-state index is -0.832. The van der Waals surface area contributed by atoms with Crippen LogP contribution >= 0.6 is 0 Å². The highest BCUT2D eigenvalue weighted by molar-refractivity contribution is 5.83. The molecule has 1 aliphatic rings. The molecule has 0 aromatic rings. The summed E-state index contributed by atoms with van der Waals surface area (Å²) < 4.78 is 0. The quantitative estimate of drug-likeness (QED) is 0.710. The second-order valence-electron chi connectivity index (χ2n) is 3.86. The van der Waals surface area contributed by atoms with Crippen LogP contribution in [0, 0.1) is 11.8 Å². The van der Waals surface area contributed by atoms with Gasteiger partial charge >= 0.3 is 5.97 Å². The Morgan fingerprint density at radius 2 is 2.36 bits per heavy atom. The largest absolute Gasteiger partial charge is 0.481 e. The van der Waals surface area contributed by atoms with Gasteiger partial charge in [0.25, 0.3) is 0 Å². The summed E-state index contributed by atoms with van der Waals surface area (Å²) in [6.07, 6.45) is 3.14. The molecule has 4 heteroatoms. The topological polar surface area (TPSA) is 66.4 Å². The van der Waals surface area contributed by atoms with Crippen LogP contribution in [0.3, 0.4) is 0 Å². The predicted octanol–water partition coefficient (Wildman–Crippen LogP) is 1.01. The van der Waals surface area contributed by atoms with Gasteiger partial charge in [-0.15, -0.1) is 0 Å². The van der Waals surface area contributed by atoms with Gasteiger partial charge < -0.3 is 10.4 Å². The van der Waals surface area contributed by atoms with Gasteiger partial charge in [0.15, 0.2) is 0 Å².